The summed E-state index contributed by atoms with van der Waals surface area (Å²) in [4.78, 5) is 0. The van der Waals surface area contributed by atoms with Crippen LogP contribution in [0.1, 0.15) is 53.4 Å². The summed E-state index contributed by atoms with van der Waals surface area (Å²) in [6.45, 7) is 9.16. The van der Waals surface area contributed by atoms with Gasteiger partial charge in [-0.25, -0.2) is 0 Å². The van der Waals surface area contributed by atoms with Gasteiger partial charge in [0.05, 0.1) is 5.60 Å². The van der Waals surface area contributed by atoms with E-state index in [1.807, 2.05) is 13.8 Å². The van der Waals surface area contributed by atoms with Gasteiger partial charge in [-0.15, -0.1) is 0 Å². The van der Waals surface area contributed by atoms with E-state index in [1.54, 1.807) is 0 Å². The van der Waals surface area contributed by atoms with Gasteiger partial charge in [-0.3, -0.25) is 0 Å². The van der Waals surface area contributed by atoms with Crippen molar-refractivity contribution in [1.29, 1.82) is 0 Å². The summed E-state index contributed by atoms with van der Waals surface area (Å²) in [5.74, 6) is 0. The Balaban J connectivity index is 3.71. The smallest absolute Gasteiger partial charge is 0.0766 e. The molecule has 2 nitrogen and oxygen atoms in total. The summed E-state index contributed by atoms with van der Waals surface area (Å²) in [5.41, 5.74) is -0.498. The number of nitrogens with one attached hydrogen (secondary N) is 1. The van der Waals surface area contributed by atoms with Crippen LogP contribution in [-0.2, 0) is 0 Å². The van der Waals surface area contributed by atoms with E-state index >= 15 is 0 Å². The average molecular weight is 187 g/mol. The largest absolute Gasteiger partial charge is 0.389 e. The number of aliphatic hydroxyl groups is 1. The van der Waals surface area contributed by atoms with Gasteiger partial charge < -0.3 is 10.4 Å². The van der Waals surface area contributed by atoms with E-state index in [1.165, 1.54) is 12.8 Å². The van der Waals surface area contributed by atoms with E-state index in [4.69, 9.17) is 0 Å². The highest BCUT2D eigenvalue weighted by atomic mass is 16.3. The maximum Gasteiger partial charge on any atom is 0.0766 e. The second kappa shape index (κ2) is 6.39. The predicted molar refractivity (Wildman–Crippen MR) is 57.9 cm³/mol. The molecule has 0 spiro atoms. The maximum absolute atomic E-state index is 9.98. The lowest BCUT2D eigenvalue weighted by Crippen LogP contribution is -2.42. The molecule has 0 aromatic heterocycles. The van der Waals surface area contributed by atoms with Crippen LogP contribution in [0.15, 0.2) is 0 Å². The van der Waals surface area contributed by atoms with Crippen molar-refractivity contribution in [2.45, 2.75) is 65.0 Å². The molecule has 80 valence electrons. The quantitative estimate of drug-likeness (QED) is 0.641. The number of rotatable bonds is 7. The predicted octanol–water partition coefficient (Wildman–Crippen LogP) is 2.32. The van der Waals surface area contributed by atoms with Gasteiger partial charge in [0.2, 0.25) is 0 Å². The SMILES string of the molecule is CCCC(C)NCC(O)(CC)CC. The Morgan fingerprint density at radius 1 is 1.23 bits per heavy atom. The van der Waals surface area contributed by atoms with Crippen molar-refractivity contribution >= 4 is 0 Å². The van der Waals surface area contributed by atoms with E-state index in [9.17, 15) is 5.11 Å². The van der Waals surface area contributed by atoms with Gasteiger partial charge in [-0.05, 0) is 26.2 Å². The van der Waals surface area contributed by atoms with E-state index in [0.717, 1.165) is 19.4 Å². The van der Waals surface area contributed by atoms with Crippen molar-refractivity contribution < 1.29 is 5.11 Å². The van der Waals surface area contributed by atoms with Crippen LogP contribution in [0, 0.1) is 0 Å². The number of hydrogen-bond donors (Lipinski definition) is 2. The van der Waals surface area contributed by atoms with Gasteiger partial charge in [0, 0.05) is 12.6 Å². The van der Waals surface area contributed by atoms with Gasteiger partial charge in [0.1, 0.15) is 0 Å². The van der Waals surface area contributed by atoms with Crippen LogP contribution in [0.25, 0.3) is 0 Å². The zero-order chi connectivity index (χ0) is 10.3. The standard InChI is InChI=1S/C11H25NO/c1-5-8-10(4)12-9-11(13,6-2)7-3/h10,12-13H,5-9H2,1-4H3. The molecular formula is C11H25NO. The first-order chi connectivity index (χ1) is 6.08. The van der Waals surface area contributed by atoms with Crippen LogP contribution < -0.4 is 5.32 Å². The molecule has 0 heterocycles. The van der Waals surface area contributed by atoms with Crippen LogP contribution in [0.2, 0.25) is 0 Å². The summed E-state index contributed by atoms with van der Waals surface area (Å²) in [7, 11) is 0. The first kappa shape index (κ1) is 12.9. The maximum atomic E-state index is 9.98. The lowest BCUT2D eigenvalue weighted by atomic mass is 9.97. The summed E-state index contributed by atoms with van der Waals surface area (Å²) >= 11 is 0. The molecule has 2 heteroatoms. The third kappa shape index (κ3) is 5.27. The van der Waals surface area contributed by atoms with Crippen molar-refractivity contribution in [3.63, 3.8) is 0 Å². The second-order valence-corrected chi connectivity index (χ2v) is 4.00. The Kier molecular flexibility index (Phi) is 6.35. The van der Waals surface area contributed by atoms with Crippen molar-refractivity contribution in [1.82, 2.24) is 5.32 Å². The molecule has 0 saturated carbocycles. The Bertz CT molecular complexity index is 121. The van der Waals surface area contributed by atoms with Crippen molar-refractivity contribution in [3.05, 3.63) is 0 Å². The zero-order valence-electron chi connectivity index (χ0n) is 9.56. The molecule has 13 heavy (non-hydrogen) atoms. The van der Waals surface area contributed by atoms with Crippen molar-refractivity contribution in [2.24, 2.45) is 0 Å². The molecule has 2 N–H and O–H groups in total. The van der Waals surface area contributed by atoms with Crippen molar-refractivity contribution in [3.8, 4) is 0 Å². The molecule has 0 amide bonds. The van der Waals surface area contributed by atoms with Gasteiger partial charge in [0.15, 0.2) is 0 Å². The van der Waals surface area contributed by atoms with E-state index in [2.05, 4.69) is 19.2 Å². The minimum atomic E-state index is -0.498. The molecule has 0 radical (unpaired) electrons. The molecule has 0 aliphatic rings. The van der Waals surface area contributed by atoms with Crippen LogP contribution in [0.3, 0.4) is 0 Å². The number of hydrogen-bond acceptors (Lipinski definition) is 2. The van der Waals surface area contributed by atoms with Crippen LogP contribution in [0.5, 0.6) is 0 Å². The minimum Gasteiger partial charge on any atom is -0.389 e. The fraction of sp³-hybridized carbons (Fsp3) is 1.00. The molecule has 0 rings (SSSR count). The summed E-state index contributed by atoms with van der Waals surface area (Å²) in [5, 5.41) is 13.4. The fourth-order valence-corrected chi connectivity index (χ4v) is 1.40. The van der Waals surface area contributed by atoms with Crippen molar-refractivity contribution in [2.75, 3.05) is 6.54 Å². The van der Waals surface area contributed by atoms with E-state index in [0.29, 0.717) is 6.04 Å². The topological polar surface area (TPSA) is 32.3 Å². The monoisotopic (exact) mass is 187 g/mol. The molecule has 0 aliphatic heterocycles. The van der Waals surface area contributed by atoms with Gasteiger partial charge in [0.25, 0.3) is 0 Å². The molecule has 0 saturated heterocycles. The fourth-order valence-electron chi connectivity index (χ4n) is 1.40. The van der Waals surface area contributed by atoms with Crippen LogP contribution >= 0.6 is 0 Å². The summed E-state index contributed by atoms with van der Waals surface area (Å²) in [6, 6.07) is 0.523. The first-order valence-electron chi connectivity index (χ1n) is 5.53. The molecule has 1 atom stereocenters. The Labute approximate surface area is 82.7 Å². The normalized spacial score (nSPS) is 14.5. The highest BCUT2D eigenvalue weighted by molar-refractivity contribution is 4.79. The molecule has 0 aromatic carbocycles. The first-order valence-corrected chi connectivity index (χ1v) is 5.53. The van der Waals surface area contributed by atoms with E-state index < -0.39 is 5.60 Å². The Morgan fingerprint density at radius 2 is 1.77 bits per heavy atom. The lowest BCUT2D eigenvalue weighted by Gasteiger charge is -2.27. The molecular weight excluding hydrogens is 162 g/mol. The average Bonchev–Trinajstić information content (AvgIpc) is 2.15. The van der Waals surface area contributed by atoms with Gasteiger partial charge in [-0.2, -0.15) is 0 Å². The molecule has 1 unspecified atom stereocenters. The zero-order valence-corrected chi connectivity index (χ0v) is 9.56. The third-order valence-corrected chi connectivity index (χ3v) is 2.82. The molecule has 0 aromatic rings. The molecule has 0 aliphatic carbocycles. The lowest BCUT2D eigenvalue weighted by molar-refractivity contribution is 0.0301. The highest BCUT2D eigenvalue weighted by Gasteiger charge is 2.21. The summed E-state index contributed by atoms with van der Waals surface area (Å²) in [6.07, 6.45) is 4.04. The third-order valence-electron chi connectivity index (χ3n) is 2.82. The van der Waals surface area contributed by atoms with Gasteiger partial charge >= 0.3 is 0 Å². The molecule has 0 bridgehead atoms. The van der Waals surface area contributed by atoms with Crippen LogP contribution in [-0.4, -0.2) is 23.3 Å². The van der Waals surface area contributed by atoms with Crippen LogP contribution in [0.4, 0.5) is 0 Å². The molecule has 0 fully saturated rings. The Hall–Kier alpha value is -0.0800. The van der Waals surface area contributed by atoms with E-state index in [-0.39, 0.29) is 0 Å². The highest BCUT2D eigenvalue weighted by Crippen LogP contribution is 2.13. The Morgan fingerprint density at radius 3 is 2.15 bits per heavy atom. The summed E-state index contributed by atoms with van der Waals surface area (Å²) < 4.78 is 0. The van der Waals surface area contributed by atoms with Gasteiger partial charge in [-0.1, -0.05) is 27.2 Å². The second-order valence-electron chi connectivity index (χ2n) is 4.00. The minimum absolute atomic E-state index is 0.498.